The molecule has 1 aliphatic heterocycles. The maximum atomic E-state index is 11.8. The van der Waals surface area contributed by atoms with Crippen molar-refractivity contribution in [2.75, 3.05) is 18.8 Å². The van der Waals surface area contributed by atoms with Gasteiger partial charge in [-0.3, -0.25) is 4.79 Å². The van der Waals surface area contributed by atoms with Crippen LogP contribution in [-0.2, 0) is 4.79 Å². The number of carbonyl (C=O) groups excluding carboxylic acids is 1. The lowest BCUT2D eigenvalue weighted by molar-refractivity contribution is -0.132. The Bertz CT molecular complexity index is 206. The Balaban J connectivity index is 2.80. The molecule has 0 bridgehead atoms. The molecule has 4 heteroatoms. The fourth-order valence-electron chi connectivity index (χ4n) is 1.43. The van der Waals surface area contributed by atoms with Crippen molar-refractivity contribution in [3.05, 3.63) is 0 Å². The van der Waals surface area contributed by atoms with E-state index in [2.05, 4.69) is 0 Å². The summed E-state index contributed by atoms with van der Waals surface area (Å²) in [5.74, 6) is 1.08. The van der Waals surface area contributed by atoms with Crippen LogP contribution in [0.3, 0.4) is 0 Å². The average Bonchev–Trinajstić information content (AvgIpc) is 2.17. The van der Waals surface area contributed by atoms with Gasteiger partial charge in [-0.15, -0.1) is 0 Å². The highest BCUT2D eigenvalue weighted by atomic mass is 32.2. The molecule has 0 saturated carbocycles. The minimum Gasteiger partial charge on any atom is -0.341 e. The zero-order valence-electron chi connectivity index (χ0n) is 8.54. The Morgan fingerprint density at radius 1 is 1.69 bits per heavy atom. The normalized spacial score (nSPS) is 28.8. The largest absolute Gasteiger partial charge is 0.341 e. The Morgan fingerprint density at radius 3 is 2.85 bits per heavy atom. The van der Waals surface area contributed by atoms with Crippen molar-refractivity contribution in [2.45, 2.75) is 31.6 Å². The fraction of sp³-hybridized carbons (Fsp3) is 0.889. The number of likely N-dealkylation sites (N-methyl/N-ethyl adjacent to an activating group) is 1. The van der Waals surface area contributed by atoms with E-state index >= 15 is 0 Å². The van der Waals surface area contributed by atoms with Gasteiger partial charge < -0.3 is 10.6 Å². The van der Waals surface area contributed by atoms with Gasteiger partial charge in [0.15, 0.2) is 0 Å². The minimum atomic E-state index is -0.361. The number of thioether (sulfide) groups is 1. The number of rotatable bonds is 1. The summed E-state index contributed by atoms with van der Waals surface area (Å²) in [5.41, 5.74) is 5.91. The van der Waals surface area contributed by atoms with E-state index in [0.717, 1.165) is 18.8 Å². The molecule has 0 aliphatic carbocycles. The summed E-state index contributed by atoms with van der Waals surface area (Å²) < 4.78 is -0.124. The fourth-order valence-corrected chi connectivity index (χ4v) is 2.55. The van der Waals surface area contributed by atoms with Crippen LogP contribution in [0.25, 0.3) is 0 Å². The molecule has 1 aliphatic rings. The SMILES string of the molecule is CCN1CCSC(C)(C)C(N)C1=O. The number of nitrogens with two attached hydrogens (primary N) is 1. The molecule has 1 rings (SSSR count). The smallest absolute Gasteiger partial charge is 0.240 e. The maximum Gasteiger partial charge on any atom is 0.240 e. The van der Waals surface area contributed by atoms with Crippen LogP contribution in [-0.4, -0.2) is 40.4 Å². The minimum absolute atomic E-state index is 0.0949. The highest BCUT2D eigenvalue weighted by Crippen LogP contribution is 2.30. The van der Waals surface area contributed by atoms with Crippen LogP contribution in [0.4, 0.5) is 0 Å². The van der Waals surface area contributed by atoms with Gasteiger partial charge in [-0.1, -0.05) is 0 Å². The Labute approximate surface area is 84.0 Å². The van der Waals surface area contributed by atoms with Gasteiger partial charge in [0.05, 0.1) is 6.04 Å². The molecule has 3 nitrogen and oxygen atoms in total. The topological polar surface area (TPSA) is 46.3 Å². The van der Waals surface area contributed by atoms with E-state index in [9.17, 15) is 4.79 Å². The third-order valence-electron chi connectivity index (χ3n) is 2.54. The zero-order valence-corrected chi connectivity index (χ0v) is 9.36. The van der Waals surface area contributed by atoms with Crippen LogP contribution >= 0.6 is 11.8 Å². The predicted molar refractivity (Wildman–Crippen MR) is 56.8 cm³/mol. The molecule has 2 N–H and O–H groups in total. The molecule has 1 atom stereocenters. The summed E-state index contributed by atoms with van der Waals surface area (Å²) in [5, 5.41) is 0. The van der Waals surface area contributed by atoms with Crippen LogP contribution < -0.4 is 5.73 Å². The van der Waals surface area contributed by atoms with Crippen LogP contribution in [0.2, 0.25) is 0 Å². The van der Waals surface area contributed by atoms with Gasteiger partial charge in [-0.25, -0.2) is 0 Å². The van der Waals surface area contributed by atoms with E-state index < -0.39 is 0 Å². The molecule has 0 aromatic heterocycles. The lowest BCUT2D eigenvalue weighted by Crippen LogP contribution is -2.51. The highest BCUT2D eigenvalue weighted by Gasteiger charge is 2.37. The highest BCUT2D eigenvalue weighted by molar-refractivity contribution is 8.00. The van der Waals surface area contributed by atoms with Crippen molar-refractivity contribution >= 4 is 17.7 Å². The molecule has 1 saturated heterocycles. The third-order valence-corrected chi connectivity index (χ3v) is 3.93. The van der Waals surface area contributed by atoms with Crippen LogP contribution in [0.15, 0.2) is 0 Å². The molecule has 0 aromatic carbocycles. The molecule has 0 aromatic rings. The van der Waals surface area contributed by atoms with Gasteiger partial charge in [0.2, 0.25) is 5.91 Å². The van der Waals surface area contributed by atoms with Gasteiger partial charge in [0.1, 0.15) is 0 Å². The van der Waals surface area contributed by atoms with Crippen LogP contribution in [0.1, 0.15) is 20.8 Å². The first kappa shape index (κ1) is 10.9. The molecule has 1 fully saturated rings. The first-order chi connectivity index (χ1) is 5.99. The first-order valence-corrected chi connectivity index (χ1v) is 5.66. The van der Waals surface area contributed by atoms with Crippen LogP contribution in [0, 0.1) is 0 Å². The molecular weight excluding hydrogens is 184 g/mol. The summed E-state index contributed by atoms with van der Waals surface area (Å²) in [7, 11) is 0. The molecule has 76 valence electrons. The summed E-state index contributed by atoms with van der Waals surface area (Å²) in [4.78, 5) is 13.6. The van der Waals surface area contributed by atoms with Crippen molar-refractivity contribution in [3.8, 4) is 0 Å². The average molecular weight is 202 g/mol. The van der Waals surface area contributed by atoms with Gasteiger partial charge in [0.25, 0.3) is 0 Å². The monoisotopic (exact) mass is 202 g/mol. The van der Waals surface area contributed by atoms with Gasteiger partial charge in [-0.05, 0) is 20.8 Å². The summed E-state index contributed by atoms with van der Waals surface area (Å²) >= 11 is 1.78. The number of hydrogen-bond acceptors (Lipinski definition) is 3. The number of carbonyl (C=O) groups is 1. The Morgan fingerprint density at radius 2 is 2.31 bits per heavy atom. The van der Waals surface area contributed by atoms with Crippen molar-refractivity contribution in [2.24, 2.45) is 5.73 Å². The van der Waals surface area contributed by atoms with E-state index in [4.69, 9.17) is 5.73 Å². The zero-order chi connectivity index (χ0) is 10.1. The second-order valence-electron chi connectivity index (χ2n) is 3.85. The molecule has 1 unspecified atom stereocenters. The van der Waals surface area contributed by atoms with E-state index in [1.807, 2.05) is 25.7 Å². The number of nitrogens with zero attached hydrogens (tertiary/aromatic N) is 1. The van der Waals surface area contributed by atoms with Crippen molar-refractivity contribution in [1.29, 1.82) is 0 Å². The van der Waals surface area contributed by atoms with E-state index in [1.54, 1.807) is 11.8 Å². The summed E-state index contributed by atoms with van der Waals surface area (Å²) in [6.07, 6.45) is 0. The van der Waals surface area contributed by atoms with Gasteiger partial charge >= 0.3 is 0 Å². The molecule has 1 heterocycles. The van der Waals surface area contributed by atoms with E-state index in [0.29, 0.717) is 0 Å². The first-order valence-electron chi connectivity index (χ1n) is 4.67. The third kappa shape index (κ3) is 2.17. The Kier molecular flexibility index (Phi) is 3.24. The summed E-state index contributed by atoms with van der Waals surface area (Å²) in [6, 6.07) is -0.361. The lowest BCUT2D eigenvalue weighted by atomic mass is 10.0. The van der Waals surface area contributed by atoms with E-state index in [1.165, 1.54) is 0 Å². The predicted octanol–water partition coefficient (Wildman–Crippen LogP) is 0.688. The molecule has 13 heavy (non-hydrogen) atoms. The molecule has 1 amide bonds. The van der Waals surface area contributed by atoms with Crippen molar-refractivity contribution < 1.29 is 4.79 Å². The quantitative estimate of drug-likeness (QED) is 0.680. The second-order valence-corrected chi connectivity index (χ2v) is 5.60. The lowest BCUT2D eigenvalue weighted by Gasteiger charge is -2.28. The van der Waals surface area contributed by atoms with Crippen LogP contribution in [0.5, 0.6) is 0 Å². The number of hydrogen-bond donors (Lipinski definition) is 1. The molecule has 0 radical (unpaired) electrons. The van der Waals surface area contributed by atoms with Crippen molar-refractivity contribution in [1.82, 2.24) is 4.90 Å². The maximum absolute atomic E-state index is 11.8. The molecular formula is C9H18N2OS. The van der Waals surface area contributed by atoms with Crippen molar-refractivity contribution in [3.63, 3.8) is 0 Å². The molecule has 0 spiro atoms. The Hall–Kier alpha value is -0.220. The standard InChI is InChI=1S/C9H18N2OS/c1-4-11-5-6-13-9(2,3)7(10)8(11)12/h7H,4-6,10H2,1-3H3. The van der Waals surface area contributed by atoms with Gasteiger partial charge in [0, 0.05) is 23.6 Å². The number of amides is 1. The van der Waals surface area contributed by atoms with E-state index in [-0.39, 0.29) is 16.7 Å². The van der Waals surface area contributed by atoms with Gasteiger partial charge in [-0.2, -0.15) is 11.8 Å². The second kappa shape index (κ2) is 3.88. The summed E-state index contributed by atoms with van der Waals surface area (Å²) in [6.45, 7) is 7.67.